The summed E-state index contributed by atoms with van der Waals surface area (Å²) >= 11 is 0. The Kier molecular flexibility index (Phi) is 6.82. The number of aromatic carboxylic acids is 1. The molecule has 1 fully saturated rings. The monoisotopic (exact) mass is 490 g/mol. The number of para-hydroxylation sites is 1. The summed E-state index contributed by atoms with van der Waals surface area (Å²) < 4.78 is 27.9. The summed E-state index contributed by atoms with van der Waals surface area (Å²) in [6.07, 6.45) is 0. The molecular weight excluding hydrogens is 468 g/mol. The van der Waals surface area contributed by atoms with Crippen LogP contribution in [0.4, 0.5) is 11.4 Å². The summed E-state index contributed by atoms with van der Waals surface area (Å²) in [6, 6.07) is 21.1. The number of piperazine rings is 1. The van der Waals surface area contributed by atoms with Crippen molar-refractivity contribution in [2.45, 2.75) is 4.90 Å². The lowest BCUT2D eigenvalue weighted by Gasteiger charge is -2.35. The zero-order chi connectivity index (χ0) is 25.0. The number of hydrogen-bond acceptors (Lipinski definition) is 6. The van der Waals surface area contributed by atoms with E-state index in [4.69, 9.17) is 5.26 Å². The van der Waals surface area contributed by atoms with Gasteiger partial charge in [0.15, 0.2) is 0 Å². The zero-order valence-corrected chi connectivity index (χ0v) is 19.4. The normalized spacial score (nSPS) is 14.2. The molecule has 1 amide bonds. The van der Waals surface area contributed by atoms with Crippen LogP contribution >= 0.6 is 0 Å². The van der Waals surface area contributed by atoms with Crippen molar-refractivity contribution in [3.63, 3.8) is 0 Å². The van der Waals surface area contributed by atoms with E-state index in [-0.39, 0.29) is 27.3 Å². The summed E-state index contributed by atoms with van der Waals surface area (Å²) in [5.41, 5.74) is 1.01. The highest BCUT2D eigenvalue weighted by Gasteiger charge is 2.29. The smallest absolute Gasteiger partial charge is 0.337 e. The van der Waals surface area contributed by atoms with Crippen LogP contribution in [0.5, 0.6) is 0 Å². The van der Waals surface area contributed by atoms with E-state index < -0.39 is 21.9 Å². The molecule has 3 aromatic carbocycles. The fourth-order valence-electron chi connectivity index (χ4n) is 3.87. The summed E-state index contributed by atoms with van der Waals surface area (Å²) in [4.78, 5) is 26.4. The van der Waals surface area contributed by atoms with Crippen LogP contribution in [0.1, 0.15) is 26.3 Å². The number of carbonyl (C=O) groups excluding carboxylic acids is 1. The highest BCUT2D eigenvalue weighted by Crippen LogP contribution is 2.23. The summed E-state index contributed by atoms with van der Waals surface area (Å²) in [5.74, 6) is -1.97. The number of amides is 1. The highest BCUT2D eigenvalue weighted by atomic mass is 32.2. The minimum Gasteiger partial charge on any atom is -0.478 e. The number of sulfonamides is 1. The Morgan fingerprint density at radius 3 is 2.29 bits per heavy atom. The Labute approximate surface area is 202 Å². The molecule has 0 saturated carbocycles. The van der Waals surface area contributed by atoms with Gasteiger partial charge in [0.1, 0.15) is 0 Å². The Hall–Kier alpha value is -4.20. The van der Waals surface area contributed by atoms with Gasteiger partial charge in [0.25, 0.3) is 5.91 Å². The topological polar surface area (TPSA) is 131 Å². The Morgan fingerprint density at radius 1 is 0.914 bits per heavy atom. The lowest BCUT2D eigenvalue weighted by atomic mass is 10.1. The van der Waals surface area contributed by atoms with E-state index >= 15 is 0 Å². The van der Waals surface area contributed by atoms with Gasteiger partial charge in [-0.25, -0.2) is 13.2 Å². The zero-order valence-electron chi connectivity index (χ0n) is 18.6. The van der Waals surface area contributed by atoms with E-state index in [1.54, 1.807) is 0 Å². The maximum atomic E-state index is 13.2. The van der Waals surface area contributed by atoms with Gasteiger partial charge in [-0.15, -0.1) is 0 Å². The predicted octanol–water partition coefficient (Wildman–Crippen LogP) is 3.02. The molecular formula is C25H22N4O5S. The molecule has 0 spiro atoms. The molecule has 1 heterocycles. The van der Waals surface area contributed by atoms with Gasteiger partial charge in [-0.05, 0) is 48.5 Å². The van der Waals surface area contributed by atoms with Crippen LogP contribution in [0, 0.1) is 11.3 Å². The maximum absolute atomic E-state index is 13.2. The van der Waals surface area contributed by atoms with E-state index in [1.165, 1.54) is 40.7 Å². The number of carboxylic acid groups (broad SMARTS) is 1. The third-order valence-electron chi connectivity index (χ3n) is 5.72. The number of benzene rings is 3. The van der Waals surface area contributed by atoms with Crippen molar-refractivity contribution in [3.05, 3.63) is 89.5 Å². The number of nitriles is 1. The number of rotatable bonds is 6. The number of hydrogen-bond donors (Lipinski definition) is 2. The lowest BCUT2D eigenvalue weighted by Crippen LogP contribution is -2.48. The standard InChI is InChI=1S/C25H22N4O5S/c26-17-18-9-10-23(22(15-18)25(31)32)27-24(30)19-5-4-8-21(16-19)35(33,34)29-13-11-28(12-14-29)20-6-2-1-3-7-20/h1-10,15-16H,11-14H2,(H,27,30)(H,31,32). The quantitative estimate of drug-likeness (QED) is 0.543. The van der Waals surface area contributed by atoms with Crippen molar-refractivity contribution in [2.75, 3.05) is 36.4 Å². The van der Waals surface area contributed by atoms with Crippen LogP contribution < -0.4 is 10.2 Å². The lowest BCUT2D eigenvalue weighted by molar-refractivity contribution is 0.0698. The van der Waals surface area contributed by atoms with Crippen LogP contribution in [0.15, 0.2) is 77.7 Å². The average molecular weight is 491 g/mol. The van der Waals surface area contributed by atoms with E-state index in [0.717, 1.165) is 11.8 Å². The van der Waals surface area contributed by atoms with E-state index in [9.17, 15) is 23.1 Å². The van der Waals surface area contributed by atoms with Crippen LogP contribution in [-0.4, -0.2) is 55.9 Å². The van der Waals surface area contributed by atoms with Gasteiger partial charge >= 0.3 is 5.97 Å². The fraction of sp³-hybridized carbons (Fsp3) is 0.160. The van der Waals surface area contributed by atoms with Crippen molar-refractivity contribution in [1.29, 1.82) is 5.26 Å². The second-order valence-corrected chi connectivity index (χ2v) is 9.82. The fourth-order valence-corrected chi connectivity index (χ4v) is 5.34. The van der Waals surface area contributed by atoms with Gasteiger partial charge < -0.3 is 15.3 Å². The van der Waals surface area contributed by atoms with E-state index in [0.29, 0.717) is 26.2 Å². The van der Waals surface area contributed by atoms with Crippen molar-refractivity contribution in [1.82, 2.24) is 4.31 Å². The molecule has 178 valence electrons. The van der Waals surface area contributed by atoms with Gasteiger partial charge in [-0.3, -0.25) is 4.79 Å². The van der Waals surface area contributed by atoms with Gasteiger partial charge in [0.05, 0.1) is 27.8 Å². The molecule has 10 heteroatoms. The number of carbonyl (C=O) groups is 2. The Balaban J connectivity index is 1.50. The minimum atomic E-state index is -3.83. The molecule has 0 atom stereocenters. The second-order valence-electron chi connectivity index (χ2n) is 7.89. The largest absolute Gasteiger partial charge is 0.478 e. The molecule has 35 heavy (non-hydrogen) atoms. The predicted molar refractivity (Wildman–Crippen MR) is 130 cm³/mol. The average Bonchev–Trinajstić information content (AvgIpc) is 2.89. The SMILES string of the molecule is N#Cc1ccc(NC(=O)c2cccc(S(=O)(=O)N3CCN(c4ccccc4)CC3)c2)c(C(=O)O)c1. The molecule has 0 bridgehead atoms. The third-order valence-corrected chi connectivity index (χ3v) is 7.62. The summed E-state index contributed by atoms with van der Waals surface area (Å²) in [5, 5.41) is 20.9. The first kappa shape index (κ1) is 23.9. The molecule has 0 aliphatic carbocycles. The first-order valence-corrected chi connectivity index (χ1v) is 12.2. The molecule has 0 radical (unpaired) electrons. The first-order valence-electron chi connectivity index (χ1n) is 10.8. The van der Waals surface area contributed by atoms with Crippen molar-refractivity contribution >= 4 is 33.3 Å². The van der Waals surface area contributed by atoms with Gasteiger partial charge in [0.2, 0.25) is 10.0 Å². The first-order chi connectivity index (χ1) is 16.8. The summed E-state index contributed by atoms with van der Waals surface area (Å²) in [7, 11) is -3.83. The van der Waals surface area contributed by atoms with Gasteiger partial charge in [-0.1, -0.05) is 24.3 Å². The number of nitrogens with one attached hydrogen (secondary N) is 1. The van der Waals surface area contributed by atoms with Crippen LogP contribution in [0.25, 0.3) is 0 Å². The highest BCUT2D eigenvalue weighted by molar-refractivity contribution is 7.89. The molecule has 0 unspecified atom stereocenters. The molecule has 1 saturated heterocycles. The minimum absolute atomic E-state index is 0.00629. The van der Waals surface area contributed by atoms with Crippen LogP contribution in [0.3, 0.4) is 0 Å². The van der Waals surface area contributed by atoms with Crippen LogP contribution in [-0.2, 0) is 10.0 Å². The molecule has 1 aliphatic rings. The molecule has 0 aromatic heterocycles. The molecule has 9 nitrogen and oxygen atoms in total. The molecule has 2 N–H and O–H groups in total. The molecule has 3 aromatic rings. The van der Waals surface area contributed by atoms with Gasteiger partial charge in [-0.2, -0.15) is 9.57 Å². The molecule has 1 aliphatic heterocycles. The van der Waals surface area contributed by atoms with Gasteiger partial charge in [0, 0.05) is 37.4 Å². The van der Waals surface area contributed by atoms with E-state index in [1.807, 2.05) is 36.4 Å². The molecule has 4 rings (SSSR count). The van der Waals surface area contributed by atoms with Crippen molar-refractivity contribution < 1.29 is 23.1 Å². The number of anilines is 2. The Bertz CT molecular complexity index is 1410. The number of nitrogens with zero attached hydrogens (tertiary/aromatic N) is 3. The van der Waals surface area contributed by atoms with Crippen LogP contribution in [0.2, 0.25) is 0 Å². The third kappa shape index (κ3) is 5.16. The van der Waals surface area contributed by atoms with Crippen molar-refractivity contribution in [3.8, 4) is 6.07 Å². The second kappa shape index (κ2) is 9.97. The summed E-state index contributed by atoms with van der Waals surface area (Å²) in [6.45, 7) is 1.70. The number of carboxylic acids is 1. The van der Waals surface area contributed by atoms with E-state index in [2.05, 4.69) is 10.2 Å². The Morgan fingerprint density at radius 2 is 1.63 bits per heavy atom. The van der Waals surface area contributed by atoms with Crippen molar-refractivity contribution in [2.24, 2.45) is 0 Å². The maximum Gasteiger partial charge on any atom is 0.337 e.